The van der Waals surface area contributed by atoms with Gasteiger partial charge in [0.15, 0.2) is 0 Å². The van der Waals surface area contributed by atoms with Crippen LogP contribution >= 0.6 is 15.9 Å². The molecule has 52 heavy (non-hydrogen) atoms. The van der Waals surface area contributed by atoms with Crippen LogP contribution in [0.3, 0.4) is 0 Å². The number of nitrogens with one attached hydrogen (secondary N) is 2. The minimum absolute atomic E-state index is 0.0548. The lowest BCUT2D eigenvalue weighted by Gasteiger charge is -2.62. The van der Waals surface area contributed by atoms with Crippen LogP contribution in [-0.4, -0.2) is 114 Å². The molecule has 300 valence electrons. The SMILES string of the molecule is COC1C(CN2O[C@@H](CO)[C@@H]([C@H](C)O)[C@H]2C(=O)N[C@H]2C[C@H]3C[C@@H]([C@@H]2C)C3(C)C)CCCC1C1CC(Br)CC(C(=O)N[C@H](CN(C)C)CC(C)(C)C)C1. The second kappa shape index (κ2) is 17.1. The number of nitrogens with zero attached hydrogens (tertiary/aromatic N) is 2. The van der Waals surface area contributed by atoms with E-state index in [4.69, 9.17) is 9.57 Å². The van der Waals surface area contributed by atoms with Crippen molar-refractivity contribution in [2.45, 2.75) is 148 Å². The lowest BCUT2D eigenvalue weighted by Crippen LogP contribution is -2.62. The van der Waals surface area contributed by atoms with Crippen molar-refractivity contribution in [3.8, 4) is 0 Å². The molecule has 0 aromatic rings. The average molecular weight is 798 g/mol. The number of carbonyl (C=O) groups is 2. The first-order valence-corrected chi connectivity index (χ1v) is 21.4. The van der Waals surface area contributed by atoms with Gasteiger partial charge in [-0.15, -0.1) is 0 Å². The van der Waals surface area contributed by atoms with Gasteiger partial charge in [0.25, 0.3) is 0 Å². The summed E-state index contributed by atoms with van der Waals surface area (Å²) < 4.78 is 6.37. The fourth-order valence-electron chi connectivity index (χ4n) is 11.6. The number of methoxy groups -OCH3 is 1. The molecule has 0 aromatic heterocycles. The van der Waals surface area contributed by atoms with E-state index in [2.05, 4.69) is 87.1 Å². The highest BCUT2D eigenvalue weighted by Crippen LogP contribution is 2.61. The maximum atomic E-state index is 14.3. The number of hydrogen-bond donors (Lipinski definition) is 4. The second-order valence-corrected chi connectivity index (χ2v) is 21.1. The molecule has 0 radical (unpaired) electrons. The minimum Gasteiger partial charge on any atom is -0.394 e. The Morgan fingerprint density at radius 3 is 2.38 bits per heavy atom. The summed E-state index contributed by atoms with van der Waals surface area (Å²) in [6.45, 7) is 16.4. The van der Waals surface area contributed by atoms with Gasteiger partial charge in [-0.1, -0.05) is 63.9 Å². The molecule has 1 aliphatic heterocycles. The number of rotatable bonds is 13. The smallest absolute Gasteiger partial charge is 0.240 e. The van der Waals surface area contributed by atoms with Gasteiger partial charge in [-0.05, 0) is 113 Å². The molecule has 2 bridgehead atoms. The van der Waals surface area contributed by atoms with E-state index in [1.165, 1.54) is 6.42 Å². The molecule has 15 atom stereocenters. The first-order valence-electron chi connectivity index (χ1n) is 20.5. The van der Waals surface area contributed by atoms with E-state index >= 15 is 0 Å². The Bertz CT molecular complexity index is 1210. The predicted molar refractivity (Wildman–Crippen MR) is 208 cm³/mol. The summed E-state index contributed by atoms with van der Waals surface area (Å²) in [7, 11) is 5.93. The van der Waals surface area contributed by atoms with Gasteiger partial charge < -0.3 is 30.5 Å². The highest BCUT2D eigenvalue weighted by Gasteiger charge is 2.58. The van der Waals surface area contributed by atoms with Crippen LogP contribution in [0.4, 0.5) is 0 Å². The lowest BCUT2D eigenvalue weighted by atomic mass is 9.45. The fourth-order valence-corrected chi connectivity index (χ4v) is 12.5. The number of alkyl halides is 1. The number of halogens is 1. The van der Waals surface area contributed by atoms with Crippen LogP contribution in [0.5, 0.6) is 0 Å². The number of aliphatic hydroxyl groups is 2. The molecule has 6 unspecified atom stereocenters. The molecule has 2 amide bonds. The second-order valence-electron chi connectivity index (χ2n) is 19.8. The Hall–Kier alpha value is -0.820. The number of hydroxylamine groups is 2. The maximum Gasteiger partial charge on any atom is 0.240 e. The molecular weight excluding hydrogens is 724 g/mol. The van der Waals surface area contributed by atoms with Crippen LogP contribution < -0.4 is 10.6 Å². The van der Waals surface area contributed by atoms with Crippen molar-refractivity contribution < 1.29 is 29.4 Å². The molecule has 6 aliphatic rings. The summed E-state index contributed by atoms with van der Waals surface area (Å²) in [5.41, 5.74) is 0.429. The minimum atomic E-state index is -0.826. The van der Waals surface area contributed by atoms with Gasteiger partial charge in [0.1, 0.15) is 12.1 Å². The van der Waals surface area contributed by atoms with Crippen molar-refractivity contribution >= 4 is 27.7 Å². The molecule has 11 heteroatoms. The molecule has 10 nitrogen and oxygen atoms in total. The molecule has 4 N–H and O–H groups in total. The van der Waals surface area contributed by atoms with Gasteiger partial charge in [0.05, 0.1) is 18.8 Å². The molecular formula is C41H73BrN4O6. The summed E-state index contributed by atoms with van der Waals surface area (Å²) in [5.74, 6) is 1.75. The first-order chi connectivity index (χ1) is 24.3. The molecule has 6 rings (SSSR count). The Morgan fingerprint density at radius 2 is 1.81 bits per heavy atom. The van der Waals surface area contributed by atoms with E-state index in [0.717, 1.165) is 57.9 Å². The van der Waals surface area contributed by atoms with Gasteiger partial charge >= 0.3 is 0 Å². The van der Waals surface area contributed by atoms with Crippen LogP contribution in [0.1, 0.15) is 106 Å². The van der Waals surface area contributed by atoms with E-state index in [-0.39, 0.29) is 64.6 Å². The first kappa shape index (κ1) is 42.3. The van der Waals surface area contributed by atoms with Gasteiger partial charge in [-0.25, -0.2) is 0 Å². The monoisotopic (exact) mass is 796 g/mol. The molecule has 1 saturated heterocycles. The maximum absolute atomic E-state index is 14.3. The zero-order valence-corrected chi connectivity index (χ0v) is 35.5. The third-order valence-electron chi connectivity index (χ3n) is 14.2. The molecule has 1 heterocycles. The van der Waals surface area contributed by atoms with Crippen LogP contribution in [-0.2, 0) is 19.2 Å². The normalized spacial score (nSPS) is 40.5. The van der Waals surface area contributed by atoms with Gasteiger partial charge in [-0.3, -0.25) is 14.4 Å². The Balaban J connectivity index is 1.28. The third kappa shape index (κ3) is 9.40. The van der Waals surface area contributed by atoms with E-state index in [1.807, 2.05) is 0 Å². The number of carbonyl (C=O) groups excluding carboxylic acids is 2. The highest BCUT2D eigenvalue weighted by atomic mass is 79.9. The zero-order chi connectivity index (χ0) is 38.3. The van der Waals surface area contributed by atoms with E-state index < -0.39 is 24.2 Å². The van der Waals surface area contributed by atoms with Crippen molar-refractivity contribution in [2.75, 3.05) is 40.9 Å². The van der Waals surface area contributed by atoms with Crippen LogP contribution in [0.15, 0.2) is 0 Å². The standard InChI is InChI=1S/C41H73BrN4O6/c1-23-32-17-28(41(32,6)7)18-33(23)44-39(50)36-35(24(2)48)34(22-47)52-46(36)20-25-12-11-13-31(37(25)51-10)26-14-27(16-29(42)15-26)38(49)43-30(21-45(8)9)19-40(3,4)5/h23-37,47-48H,11-22H2,1-10H3,(H,43,49)(H,44,50)/t23-,24-,25?,26?,27?,28+,29?,30-,31?,32-,33-,34-,35+,36-,37?/m0/s1. The molecule has 0 spiro atoms. The summed E-state index contributed by atoms with van der Waals surface area (Å²) in [4.78, 5) is 37.0. The number of likely N-dealkylation sites (N-methyl/N-ethyl adjacent to an activating group) is 1. The molecule has 5 aliphatic carbocycles. The van der Waals surface area contributed by atoms with Crippen LogP contribution in [0.2, 0.25) is 0 Å². The van der Waals surface area contributed by atoms with Gasteiger partial charge in [0.2, 0.25) is 11.8 Å². The summed E-state index contributed by atoms with van der Waals surface area (Å²) >= 11 is 3.95. The number of aliphatic hydroxyl groups excluding tert-OH is 2. The number of ether oxygens (including phenoxy) is 1. The van der Waals surface area contributed by atoms with Crippen molar-refractivity contribution in [1.82, 2.24) is 20.6 Å². The topological polar surface area (TPSA) is 124 Å². The lowest BCUT2D eigenvalue weighted by molar-refractivity contribution is -0.193. The van der Waals surface area contributed by atoms with Crippen molar-refractivity contribution in [3.63, 3.8) is 0 Å². The van der Waals surface area contributed by atoms with Crippen LogP contribution in [0.25, 0.3) is 0 Å². The summed E-state index contributed by atoms with van der Waals surface area (Å²) in [5, 5.41) is 30.0. The number of amides is 2. The van der Waals surface area contributed by atoms with E-state index in [9.17, 15) is 19.8 Å². The van der Waals surface area contributed by atoms with Gasteiger partial charge in [-0.2, -0.15) is 5.06 Å². The van der Waals surface area contributed by atoms with Crippen molar-refractivity contribution in [3.05, 3.63) is 0 Å². The number of fused-ring (bicyclic) bond motifs is 2. The van der Waals surface area contributed by atoms with E-state index in [1.54, 1.807) is 19.1 Å². The molecule has 0 aromatic carbocycles. The summed E-state index contributed by atoms with van der Waals surface area (Å²) in [6, 6.07) is -0.508. The predicted octanol–water partition coefficient (Wildman–Crippen LogP) is 5.24. The van der Waals surface area contributed by atoms with Crippen LogP contribution in [0, 0.1) is 58.2 Å². The average Bonchev–Trinajstić information content (AvgIpc) is 3.42. The Kier molecular flexibility index (Phi) is 13.9. The van der Waals surface area contributed by atoms with Gasteiger partial charge in [0, 0.05) is 54.9 Å². The molecule has 5 saturated carbocycles. The largest absolute Gasteiger partial charge is 0.394 e. The Labute approximate surface area is 323 Å². The quantitative estimate of drug-likeness (QED) is 0.187. The van der Waals surface area contributed by atoms with E-state index in [0.29, 0.717) is 35.6 Å². The number of hydrogen-bond acceptors (Lipinski definition) is 8. The van der Waals surface area contributed by atoms with Crippen molar-refractivity contribution in [1.29, 1.82) is 0 Å². The summed E-state index contributed by atoms with van der Waals surface area (Å²) in [6.07, 6.45) is 7.30. The fraction of sp³-hybridized carbons (Fsp3) is 0.951. The third-order valence-corrected chi connectivity index (χ3v) is 14.9. The Morgan fingerprint density at radius 1 is 1.10 bits per heavy atom. The zero-order valence-electron chi connectivity index (χ0n) is 33.9. The highest BCUT2D eigenvalue weighted by molar-refractivity contribution is 9.09. The van der Waals surface area contributed by atoms with Crippen molar-refractivity contribution in [2.24, 2.45) is 58.2 Å². The molecule has 6 fully saturated rings.